The molecule has 1 aromatic carbocycles. The van der Waals surface area contributed by atoms with E-state index in [0.29, 0.717) is 30.9 Å². The average molecular weight is 441 g/mol. The van der Waals surface area contributed by atoms with Crippen LogP contribution in [0.25, 0.3) is 0 Å². The summed E-state index contributed by atoms with van der Waals surface area (Å²) in [6, 6.07) is 8.88. The lowest BCUT2D eigenvalue weighted by molar-refractivity contribution is -0.135. The SMILES string of the molecule is O=C(C[C@@H]1CC[C@H](NC(=O)Cc2cccnc2)[C@@H](CO)O1)NCc1ccc2c(c1)OCO2. The second-order valence-electron chi connectivity index (χ2n) is 7.94. The minimum Gasteiger partial charge on any atom is -0.454 e. The van der Waals surface area contributed by atoms with Gasteiger partial charge in [-0.05, 0) is 42.2 Å². The maximum Gasteiger partial charge on any atom is 0.231 e. The summed E-state index contributed by atoms with van der Waals surface area (Å²) in [5, 5.41) is 15.6. The Morgan fingerprint density at radius 3 is 2.78 bits per heavy atom. The van der Waals surface area contributed by atoms with Crippen molar-refractivity contribution in [1.29, 1.82) is 0 Å². The fourth-order valence-electron chi connectivity index (χ4n) is 3.92. The normalized spacial score (nSPS) is 21.7. The van der Waals surface area contributed by atoms with Crippen molar-refractivity contribution in [3.8, 4) is 11.5 Å². The van der Waals surface area contributed by atoms with Crippen molar-refractivity contribution < 1.29 is 28.9 Å². The van der Waals surface area contributed by atoms with E-state index in [1.165, 1.54) is 0 Å². The van der Waals surface area contributed by atoms with Crippen molar-refractivity contribution in [3.05, 3.63) is 53.9 Å². The summed E-state index contributed by atoms with van der Waals surface area (Å²) >= 11 is 0. The highest BCUT2D eigenvalue weighted by Crippen LogP contribution is 2.32. The Morgan fingerprint density at radius 2 is 1.97 bits per heavy atom. The van der Waals surface area contributed by atoms with E-state index in [-0.39, 0.29) is 50.2 Å². The molecule has 0 spiro atoms. The number of amides is 2. The highest BCUT2D eigenvalue weighted by Gasteiger charge is 2.32. The summed E-state index contributed by atoms with van der Waals surface area (Å²) < 4.78 is 16.5. The number of nitrogens with zero attached hydrogens (tertiary/aromatic N) is 1. The van der Waals surface area contributed by atoms with Gasteiger partial charge in [0.1, 0.15) is 6.10 Å². The molecule has 32 heavy (non-hydrogen) atoms. The molecule has 9 heteroatoms. The Balaban J connectivity index is 1.22. The molecule has 0 saturated carbocycles. The van der Waals surface area contributed by atoms with Crippen molar-refractivity contribution in [3.63, 3.8) is 0 Å². The van der Waals surface area contributed by atoms with E-state index in [9.17, 15) is 14.7 Å². The lowest BCUT2D eigenvalue weighted by Crippen LogP contribution is -2.51. The van der Waals surface area contributed by atoms with Crippen molar-refractivity contribution in [2.45, 2.75) is 50.5 Å². The summed E-state index contributed by atoms with van der Waals surface area (Å²) in [5.74, 6) is 1.09. The van der Waals surface area contributed by atoms with Gasteiger partial charge in [-0.15, -0.1) is 0 Å². The first-order valence-corrected chi connectivity index (χ1v) is 10.7. The van der Waals surface area contributed by atoms with E-state index in [1.54, 1.807) is 18.5 Å². The number of fused-ring (bicyclic) bond motifs is 1. The number of aliphatic hydroxyl groups excluding tert-OH is 1. The van der Waals surface area contributed by atoms with Crippen LogP contribution in [-0.2, 0) is 27.3 Å². The van der Waals surface area contributed by atoms with Gasteiger partial charge < -0.3 is 30.0 Å². The molecule has 1 saturated heterocycles. The van der Waals surface area contributed by atoms with Crippen molar-refractivity contribution in [2.24, 2.45) is 0 Å². The van der Waals surface area contributed by atoms with Gasteiger partial charge in [0.15, 0.2) is 11.5 Å². The van der Waals surface area contributed by atoms with Crippen LogP contribution in [0.4, 0.5) is 0 Å². The number of ether oxygens (including phenoxy) is 3. The van der Waals surface area contributed by atoms with Crippen LogP contribution in [0.15, 0.2) is 42.7 Å². The Bertz CT molecular complexity index is 939. The van der Waals surface area contributed by atoms with E-state index in [1.807, 2.05) is 24.3 Å². The number of carbonyl (C=O) groups is 2. The maximum atomic E-state index is 12.4. The first kappa shape index (κ1) is 22.0. The van der Waals surface area contributed by atoms with Gasteiger partial charge in [0.2, 0.25) is 18.6 Å². The topological polar surface area (TPSA) is 119 Å². The summed E-state index contributed by atoms with van der Waals surface area (Å²) in [6.07, 6.45) is 4.10. The number of nitrogens with one attached hydrogen (secondary N) is 2. The van der Waals surface area contributed by atoms with E-state index in [0.717, 1.165) is 11.1 Å². The van der Waals surface area contributed by atoms with Crippen LogP contribution in [0, 0.1) is 0 Å². The zero-order valence-corrected chi connectivity index (χ0v) is 17.7. The Kier molecular flexibility index (Phi) is 7.18. The predicted molar refractivity (Wildman–Crippen MR) is 114 cm³/mol. The molecule has 3 N–H and O–H groups in total. The lowest BCUT2D eigenvalue weighted by Gasteiger charge is -2.36. The number of aromatic nitrogens is 1. The highest BCUT2D eigenvalue weighted by molar-refractivity contribution is 5.79. The largest absolute Gasteiger partial charge is 0.454 e. The minimum absolute atomic E-state index is 0.136. The van der Waals surface area contributed by atoms with Gasteiger partial charge in [-0.3, -0.25) is 14.6 Å². The molecular weight excluding hydrogens is 414 g/mol. The first-order chi connectivity index (χ1) is 15.6. The van der Waals surface area contributed by atoms with Crippen LogP contribution in [0.1, 0.15) is 30.4 Å². The molecule has 2 amide bonds. The number of carbonyl (C=O) groups excluding carboxylic acids is 2. The smallest absolute Gasteiger partial charge is 0.231 e. The van der Waals surface area contributed by atoms with Crippen LogP contribution in [-0.4, -0.2) is 53.6 Å². The molecule has 2 aromatic rings. The first-order valence-electron chi connectivity index (χ1n) is 10.7. The molecule has 3 heterocycles. The number of hydrogen-bond donors (Lipinski definition) is 3. The molecule has 0 radical (unpaired) electrons. The molecule has 4 rings (SSSR count). The van der Waals surface area contributed by atoms with Crippen LogP contribution < -0.4 is 20.1 Å². The maximum absolute atomic E-state index is 12.4. The second-order valence-corrected chi connectivity index (χ2v) is 7.94. The van der Waals surface area contributed by atoms with Crippen LogP contribution in [0.5, 0.6) is 11.5 Å². The standard InChI is InChI=1S/C23H27N3O6/c27-13-21-18(26-23(29)9-15-2-1-7-24-11-15)5-4-17(32-21)10-22(28)25-12-16-3-6-19-20(8-16)31-14-30-19/h1-3,6-8,11,17-18,21,27H,4-5,9-10,12-14H2,(H,25,28)(H,26,29)/t17-,18-,21+/m0/s1. The van der Waals surface area contributed by atoms with Crippen LogP contribution >= 0.6 is 0 Å². The van der Waals surface area contributed by atoms with Gasteiger partial charge >= 0.3 is 0 Å². The zero-order valence-electron chi connectivity index (χ0n) is 17.7. The molecule has 2 aliphatic rings. The third-order valence-electron chi connectivity index (χ3n) is 5.57. The van der Waals surface area contributed by atoms with E-state index in [2.05, 4.69) is 15.6 Å². The molecule has 9 nitrogen and oxygen atoms in total. The Hall–Kier alpha value is -3.17. The monoisotopic (exact) mass is 441 g/mol. The summed E-state index contributed by atoms with van der Waals surface area (Å²) in [4.78, 5) is 28.7. The molecule has 0 unspecified atom stereocenters. The predicted octanol–water partition coefficient (Wildman–Crippen LogP) is 1.08. The Labute approximate surface area is 186 Å². The molecule has 3 atom stereocenters. The average Bonchev–Trinajstić information content (AvgIpc) is 3.27. The molecule has 0 bridgehead atoms. The summed E-state index contributed by atoms with van der Waals surface area (Å²) in [7, 11) is 0. The van der Waals surface area contributed by atoms with Gasteiger partial charge in [0.25, 0.3) is 0 Å². The lowest BCUT2D eigenvalue weighted by atomic mass is 9.96. The zero-order chi connectivity index (χ0) is 22.3. The van der Waals surface area contributed by atoms with Gasteiger partial charge in [-0.25, -0.2) is 0 Å². The molecule has 170 valence electrons. The highest BCUT2D eigenvalue weighted by atomic mass is 16.7. The molecule has 2 aliphatic heterocycles. The minimum atomic E-state index is -0.548. The molecular formula is C23H27N3O6. The van der Waals surface area contributed by atoms with Gasteiger partial charge in [0.05, 0.1) is 31.6 Å². The van der Waals surface area contributed by atoms with Gasteiger partial charge in [0, 0.05) is 18.9 Å². The number of rotatable bonds is 8. The van der Waals surface area contributed by atoms with Gasteiger partial charge in [-0.2, -0.15) is 0 Å². The second kappa shape index (κ2) is 10.4. The van der Waals surface area contributed by atoms with Crippen LogP contribution in [0.3, 0.4) is 0 Å². The van der Waals surface area contributed by atoms with E-state index < -0.39 is 6.10 Å². The van der Waals surface area contributed by atoms with E-state index >= 15 is 0 Å². The van der Waals surface area contributed by atoms with Crippen molar-refractivity contribution >= 4 is 11.8 Å². The molecule has 1 fully saturated rings. The fourth-order valence-corrected chi connectivity index (χ4v) is 3.92. The van der Waals surface area contributed by atoms with Crippen molar-refractivity contribution in [1.82, 2.24) is 15.6 Å². The Morgan fingerprint density at radius 1 is 1.09 bits per heavy atom. The number of hydrogen-bond acceptors (Lipinski definition) is 7. The molecule has 0 aliphatic carbocycles. The summed E-state index contributed by atoms with van der Waals surface area (Å²) in [6.45, 7) is 0.354. The van der Waals surface area contributed by atoms with Gasteiger partial charge in [-0.1, -0.05) is 12.1 Å². The third kappa shape index (κ3) is 5.74. The quantitative estimate of drug-likeness (QED) is 0.561. The number of pyridine rings is 1. The summed E-state index contributed by atoms with van der Waals surface area (Å²) in [5.41, 5.74) is 1.73. The molecule has 1 aromatic heterocycles. The van der Waals surface area contributed by atoms with E-state index in [4.69, 9.17) is 14.2 Å². The fraction of sp³-hybridized carbons (Fsp3) is 0.435. The number of benzene rings is 1. The van der Waals surface area contributed by atoms with Crippen LogP contribution in [0.2, 0.25) is 0 Å². The number of aliphatic hydroxyl groups is 1. The third-order valence-corrected chi connectivity index (χ3v) is 5.57. The van der Waals surface area contributed by atoms with Crippen molar-refractivity contribution in [2.75, 3.05) is 13.4 Å².